The van der Waals surface area contributed by atoms with Crippen molar-refractivity contribution in [3.05, 3.63) is 84.2 Å². The number of methoxy groups -OCH3 is 1. The number of nitrogens with one attached hydrogen (secondary N) is 1. The molecule has 0 aliphatic heterocycles. The summed E-state index contributed by atoms with van der Waals surface area (Å²) in [5.74, 6) is -0.462. The second-order valence-corrected chi connectivity index (χ2v) is 8.52. The first kappa shape index (κ1) is 20.5. The maximum atomic E-state index is 13.6. The Morgan fingerprint density at radius 3 is 2.68 bits per heavy atom. The SMILES string of the molecule is COc1ccc(F)cc1S(=O)(=O)c1ccc(CNC(=O)c2cnc3nccn3c2)cc1. The molecule has 0 spiro atoms. The molecule has 31 heavy (non-hydrogen) atoms. The van der Waals surface area contributed by atoms with Crippen LogP contribution in [0.2, 0.25) is 0 Å². The average Bonchev–Trinajstić information content (AvgIpc) is 3.25. The van der Waals surface area contributed by atoms with Crippen molar-refractivity contribution in [2.24, 2.45) is 0 Å². The highest BCUT2D eigenvalue weighted by atomic mass is 32.2. The molecule has 0 aliphatic carbocycles. The average molecular weight is 440 g/mol. The molecule has 0 fully saturated rings. The van der Waals surface area contributed by atoms with Crippen molar-refractivity contribution in [1.82, 2.24) is 19.7 Å². The predicted octanol–water partition coefficient (Wildman–Crippen LogP) is 2.64. The highest BCUT2D eigenvalue weighted by Gasteiger charge is 2.23. The lowest BCUT2D eigenvalue weighted by Gasteiger charge is -2.11. The third-order valence-electron chi connectivity index (χ3n) is 4.61. The van der Waals surface area contributed by atoms with E-state index >= 15 is 0 Å². The van der Waals surface area contributed by atoms with E-state index in [4.69, 9.17) is 4.74 Å². The van der Waals surface area contributed by atoms with Gasteiger partial charge in [-0.05, 0) is 35.9 Å². The molecule has 2 aromatic heterocycles. The van der Waals surface area contributed by atoms with Gasteiger partial charge in [0.2, 0.25) is 15.6 Å². The first-order valence-electron chi connectivity index (χ1n) is 9.13. The number of sulfone groups is 1. The Bertz CT molecular complexity index is 1370. The van der Waals surface area contributed by atoms with Crippen LogP contribution in [0.5, 0.6) is 5.75 Å². The molecule has 1 N–H and O–H groups in total. The van der Waals surface area contributed by atoms with Gasteiger partial charge in [-0.15, -0.1) is 0 Å². The van der Waals surface area contributed by atoms with E-state index in [9.17, 15) is 17.6 Å². The van der Waals surface area contributed by atoms with Gasteiger partial charge in [0.15, 0.2) is 0 Å². The molecule has 0 saturated heterocycles. The number of aromatic nitrogens is 3. The van der Waals surface area contributed by atoms with Crippen molar-refractivity contribution in [2.75, 3.05) is 7.11 Å². The zero-order valence-corrected chi connectivity index (χ0v) is 17.1. The number of imidazole rings is 1. The quantitative estimate of drug-likeness (QED) is 0.495. The Labute approximate surface area is 177 Å². The van der Waals surface area contributed by atoms with Gasteiger partial charge in [-0.2, -0.15) is 0 Å². The Morgan fingerprint density at radius 1 is 1.16 bits per heavy atom. The van der Waals surface area contributed by atoms with E-state index in [-0.39, 0.29) is 28.0 Å². The summed E-state index contributed by atoms with van der Waals surface area (Å²) in [7, 11) is -2.66. The molecule has 4 aromatic rings. The van der Waals surface area contributed by atoms with Gasteiger partial charge in [0, 0.05) is 31.3 Å². The molecular weight excluding hydrogens is 423 g/mol. The van der Waals surface area contributed by atoms with Crippen LogP contribution >= 0.6 is 0 Å². The predicted molar refractivity (Wildman–Crippen MR) is 109 cm³/mol. The Kier molecular flexibility index (Phi) is 5.38. The summed E-state index contributed by atoms with van der Waals surface area (Å²) in [4.78, 5) is 20.2. The third-order valence-corrected chi connectivity index (χ3v) is 6.40. The first-order chi connectivity index (χ1) is 14.9. The molecule has 1 amide bonds. The second kappa shape index (κ2) is 8.15. The maximum absolute atomic E-state index is 13.6. The Balaban J connectivity index is 1.49. The summed E-state index contributed by atoms with van der Waals surface area (Å²) in [6.07, 6.45) is 6.32. The number of benzene rings is 2. The number of fused-ring (bicyclic) bond motifs is 1. The monoisotopic (exact) mass is 440 g/mol. The van der Waals surface area contributed by atoms with E-state index in [1.165, 1.54) is 31.5 Å². The Morgan fingerprint density at radius 2 is 1.94 bits per heavy atom. The van der Waals surface area contributed by atoms with Crippen LogP contribution in [0.15, 0.2) is 77.0 Å². The summed E-state index contributed by atoms with van der Waals surface area (Å²) in [5.41, 5.74) is 1.05. The van der Waals surface area contributed by atoms with Gasteiger partial charge in [0.25, 0.3) is 5.91 Å². The van der Waals surface area contributed by atoms with E-state index in [2.05, 4.69) is 15.3 Å². The number of hydrogen-bond acceptors (Lipinski definition) is 6. The van der Waals surface area contributed by atoms with Crippen LogP contribution in [0.3, 0.4) is 0 Å². The molecule has 2 aromatic carbocycles. The molecule has 0 atom stereocenters. The molecule has 0 aliphatic rings. The number of hydrogen-bond donors (Lipinski definition) is 1. The number of halogens is 1. The minimum absolute atomic E-state index is 0.0127. The van der Waals surface area contributed by atoms with Crippen molar-refractivity contribution in [1.29, 1.82) is 0 Å². The van der Waals surface area contributed by atoms with Crippen molar-refractivity contribution < 1.29 is 22.3 Å². The Hall–Kier alpha value is -3.79. The van der Waals surface area contributed by atoms with Gasteiger partial charge < -0.3 is 10.1 Å². The lowest BCUT2D eigenvalue weighted by molar-refractivity contribution is 0.0950. The van der Waals surface area contributed by atoms with E-state index in [0.717, 1.165) is 12.1 Å². The fourth-order valence-corrected chi connectivity index (χ4v) is 4.42. The lowest BCUT2D eigenvalue weighted by atomic mass is 10.2. The highest BCUT2D eigenvalue weighted by molar-refractivity contribution is 7.91. The summed E-state index contributed by atoms with van der Waals surface area (Å²) >= 11 is 0. The van der Waals surface area contributed by atoms with Crippen LogP contribution in [0.4, 0.5) is 4.39 Å². The standard InChI is InChI=1S/C21H17FN4O4S/c1-30-18-7-4-16(22)10-19(18)31(28,29)17-5-2-14(3-6-17)11-24-20(27)15-12-25-21-23-8-9-26(21)13-15/h2-10,12-13H,11H2,1H3,(H,24,27). The summed E-state index contributed by atoms with van der Waals surface area (Å²) in [6.45, 7) is 0.185. The molecule has 2 heterocycles. The highest BCUT2D eigenvalue weighted by Crippen LogP contribution is 2.30. The number of nitrogens with zero attached hydrogens (tertiary/aromatic N) is 3. The van der Waals surface area contributed by atoms with Gasteiger partial charge in [-0.1, -0.05) is 12.1 Å². The van der Waals surface area contributed by atoms with Crippen molar-refractivity contribution >= 4 is 21.5 Å². The molecule has 10 heteroatoms. The molecule has 8 nitrogen and oxygen atoms in total. The third kappa shape index (κ3) is 4.10. The summed E-state index contributed by atoms with van der Waals surface area (Å²) < 4.78 is 46.1. The number of ether oxygens (including phenoxy) is 1. The number of amides is 1. The smallest absolute Gasteiger partial charge is 0.254 e. The van der Waals surface area contributed by atoms with Gasteiger partial charge in [0.1, 0.15) is 16.5 Å². The molecule has 4 rings (SSSR count). The molecule has 0 bridgehead atoms. The van der Waals surface area contributed by atoms with E-state index in [1.54, 1.807) is 35.1 Å². The summed E-state index contributed by atoms with van der Waals surface area (Å²) in [5, 5.41) is 2.76. The van der Waals surface area contributed by atoms with Crippen LogP contribution in [0.25, 0.3) is 5.78 Å². The molecule has 158 valence electrons. The number of carbonyl (C=O) groups is 1. The van der Waals surface area contributed by atoms with Crippen molar-refractivity contribution in [2.45, 2.75) is 16.3 Å². The first-order valence-corrected chi connectivity index (χ1v) is 10.6. The number of rotatable bonds is 6. The van der Waals surface area contributed by atoms with Crippen LogP contribution in [-0.2, 0) is 16.4 Å². The minimum Gasteiger partial charge on any atom is -0.495 e. The largest absolute Gasteiger partial charge is 0.495 e. The molecule has 0 radical (unpaired) electrons. The van der Waals surface area contributed by atoms with Gasteiger partial charge in [-0.3, -0.25) is 9.20 Å². The molecule has 0 saturated carbocycles. The van der Waals surface area contributed by atoms with Crippen molar-refractivity contribution in [3.8, 4) is 5.75 Å². The fourth-order valence-electron chi connectivity index (χ4n) is 2.99. The zero-order valence-electron chi connectivity index (χ0n) is 16.3. The van der Waals surface area contributed by atoms with Crippen LogP contribution < -0.4 is 10.1 Å². The molecular formula is C21H17FN4O4S. The second-order valence-electron chi connectivity index (χ2n) is 6.60. The topological polar surface area (TPSA) is 103 Å². The molecule has 0 unspecified atom stereocenters. The van der Waals surface area contributed by atoms with Crippen LogP contribution in [0.1, 0.15) is 15.9 Å². The summed E-state index contributed by atoms with van der Waals surface area (Å²) in [6, 6.07) is 9.28. The lowest BCUT2D eigenvalue weighted by Crippen LogP contribution is -2.23. The van der Waals surface area contributed by atoms with E-state index in [1.807, 2.05) is 0 Å². The number of carbonyl (C=O) groups excluding carboxylic acids is 1. The minimum atomic E-state index is -3.98. The van der Waals surface area contributed by atoms with Gasteiger partial charge in [0.05, 0.1) is 17.6 Å². The fraction of sp³-hybridized carbons (Fsp3) is 0.0952. The van der Waals surface area contributed by atoms with E-state index < -0.39 is 15.7 Å². The van der Waals surface area contributed by atoms with Gasteiger partial charge in [-0.25, -0.2) is 22.8 Å². The van der Waals surface area contributed by atoms with Gasteiger partial charge >= 0.3 is 0 Å². The maximum Gasteiger partial charge on any atom is 0.254 e. The van der Waals surface area contributed by atoms with Crippen LogP contribution in [0, 0.1) is 5.82 Å². The van der Waals surface area contributed by atoms with Crippen LogP contribution in [-0.4, -0.2) is 35.8 Å². The van der Waals surface area contributed by atoms with Crippen molar-refractivity contribution in [3.63, 3.8) is 0 Å². The van der Waals surface area contributed by atoms with E-state index in [0.29, 0.717) is 16.9 Å². The zero-order chi connectivity index (χ0) is 22.0. The normalized spacial score (nSPS) is 11.4.